The highest BCUT2D eigenvalue weighted by atomic mass is 16.3. The second kappa shape index (κ2) is 7.93. The molecule has 0 bridgehead atoms. The zero-order valence-electron chi connectivity index (χ0n) is 12.5. The van der Waals surface area contributed by atoms with Crippen molar-refractivity contribution in [2.75, 3.05) is 6.54 Å². The van der Waals surface area contributed by atoms with E-state index in [1.54, 1.807) is 0 Å². The molecule has 0 aliphatic carbocycles. The molecule has 21 heavy (non-hydrogen) atoms. The summed E-state index contributed by atoms with van der Waals surface area (Å²) in [5.74, 6) is 0. The number of aliphatic hydroxyl groups excluding tert-OH is 1. The summed E-state index contributed by atoms with van der Waals surface area (Å²) in [6.07, 6.45) is 0.143. The van der Waals surface area contributed by atoms with E-state index in [4.69, 9.17) is 5.73 Å². The Balaban J connectivity index is 1.73. The number of rotatable bonds is 7. The molecule has 0 aromatic heterocycles. The molecule has 2 aromatic rings. The van der Waals surface area contributed by atoms with Gasteiger partial charge in [-0.05, 0) is 24.5 Å². The molecule has 2 aromatic carbocycles. The van der Waals surface area contributed by atoms with E-state index in [-0.39, 0.29) is 6.04 Å². The fourth-order valence-corrected chi connectivity index (χ4v) is 2.24. The molecule has 0 aliphatic rings. The van der Waals surface area contributed by atoms with Crippen LogP contribution in [0.2, 0.25) is 0 Å². The molecule has 0 aliphatic heterocycles. The first-order valence-corrected chi connectivity index (χ1v) is 7.39. The van der Waals surface area contributed by atoms with Crippen molar-refractivity contribution in [1.29, 1.82) is 0 Å². The van der Waals surface area contributed by atoms with Crippen molar-refractivity contribution < 1.29 is 5.11 Å². The maximum atomic E-state index is 10.1. The molecule has 3 heteroatoms. The van der Waals surface area contributed by atoms with E-state index in [0.717, 1.165) is 12.1 Å². The molecule has 0 spiro atoms. The van der Waals surface area contributed by atoms with Crippen LogP contribution in [-0.2, 0) is 13.0 Å². The SMILES string of the molecule is Cc1ccc(CNC[C@H](O)C(N)Cc2ccccc2)cc1. The third-order valence-corrected chi connectivity index (χ3v) is 3.61. The number of aliphatic hydroxyl groups is 1. The van der Waals surface area contributed by atoms with Crippen molar-refractivity contribution in [2.45, 2.75) is 32.0 Å². The highest BCUT2D eigenvalue weighted by molar-refractivity contribution is 5.21. The van der Waals surface area contributed by atoms with Crippen LogP contribution < -0.4 is 11.1 Å². The van der Waals surface area contributed by atoms with Gasteiger partial charge in [-0.1, -0.05) is 60.2 Å². The van der Waals surface area contributed by atoms with Crippen LogP contribution in [0.3, 0.4) is 0 Å². The van der Waals surface area contributed by atoms with Crippen LogP contribution in [-0.4, -0.2) is 23.8 Å². The van der Waals surface area contributed by atoms with E-state index in [1.807, 2.05) is 30.3 Å². The summed E-state index contributed by atoms with van der Waals surface area (Å²) in [4.78, 5) is 0. The van der Waals surface area contributed by atoms with Gasteiger partial charge < -0.3 is 16.2 Å². The van der Waals surface area contributed by atoms with E-state index < -0.39 is 6.10 Å². The summed E-state index contributed by atoms with van der Waals surface area (Å²) in [6, 6.07) is 18.2. The Morgan fingerprint density at radius 1 is 1.00 bits per heavy atom. The van der Waals surface area contributed by atoms with Crippen LogP contribution in [0.25, 0.3) is 0 Å². The summed E-state index contributed by atoms with van der Waals surface area (Å²) >= 11 is 0. The smallest absolute Gasteiger partial charge is 0.0818 e. The van der Waals surface area contributed by atoms with E-state index in [2.05, 4.69) is 36.5 Å². The summed E-state index contributed by atoms with van der Waals surface area (Å²) in [7, 11) is 0. The van der Waals surface area contributed by atoms with E-state index >= 15 is 0 Å². The number of nitrogens with one attached hydrogen (secondary N) is 1. The average molecular weight is 284 g/mol. The van der Waals surface area contributed by atoms with Crippen molar-refractivity contribution in [3.8, 4) is 0 Å². The summed E-state index contributed by atoms with van der Waals surface area (Å²) in [6.45, 7) is 3.32. The molecule has 0 radical (unpaired) electrons. The molecule has 0 saturated carbocycles. The molecule has 112 valence electrons. The number of hydrogen-bond acceptors (Lipinski definition) is 3. The minimum absolute atomic E-state index is 0.252. The van der Waals surface area contributed by atoms with Crippen molar-refractivity contribution in [1.82, 2.24) is 5.32 Å². The van der Waals surface area contributed by atoms with Gasteiger partial charge in [0.25, 0.3) is 0 Å². The quantitative estimate of drug-likeness (QED) is 0.729. The van der Waals surface area contributed by atoms with Crippen LogP contribution in [0.15, 0.2) is 54.6 Å². The van der Waals surface area contributed by atoms with Gasteiger partial charge in [-0.2, -0.15) is 0 Å². The molecule has 0 saturated heterocycles. The highest BCUT2D eigenvalue weighted by Crippen LogP contribution is 2.05. The number of hydrogen-bond donors (Lipinski definition) is 3. The Labute approximate surface area is 126 Å². The maximum Gasteiger partial charge on any atom is 0.0818 e. The Kier molecular flexibility index (Phi) is 5.93. The van der Waals surface area contributed by atoms with Gasteiger partial charge in [0.2, 0.25) is 0 Å². The molecule has 2 rings (SSSR count). The lowest BCUT2D eigenvalue weighted by Gasteiger charge is -2.19. The fourth-order valence-electron chi connectivity index (χ4n) is 2.24. The van der Waals surface area contributed by atoms with Gasteiger partial charge >= 0.3 is 0 Å². The van der Waals surface area contributed by atoms with Gasteiger partial charge in [0.15, 0.2) is 0 Å². The monoisotopic (exact) mass is 284 g/mol. The molecule has 0 fully saturated rings. The van der Waals surface area contributed by atoms with Crippen molar-refractivity contribution >= 4 is 0 Å². The topological polar surface area (TPSA) is 58.3 Å². The first kappa shape index (κ1) is 15.7. The summed E-state index contributed by atoms with van der Waals surface area (Å²) < 4.78 is 0. The van der Waals surface area contributed by atoms with E-state index in [9.17, 15) is 5.11 Å². The van der Waals surface area contributed by atoms with Gasteiger partial charge in [0.1, 0.15) is 0 Å². The number of nitrogens with two attached hydrogens (primary N) is 1. The molecule has 0 heterocycles. The van der Waals surface area contributed by atoms with Gasteiger partial charge in [-0.25, -0.2) is 0 Å². The zero-order chi connectivity index (χ0) is 15.1. The Morgan fingerprint density at radius 2 is 1.67 bits per heavy atom. The van der Waals surface area contributed by atoms with Gasteiger partial charge in [-0.15, -0.1) is 0 Å². The van der Waals surface area contributed by atoms with Gasteiger partial charge in [-0.3, -0.25) is 0 Å². The summed E-state index contributed by atoms with van der Waals surface area (Å²) in [5.41, 5.74) is 9.68. The van der Waals surface area contributed by atoms with Crippen molar-refractivity contribution in [3.63, 3.8) is 0 Å². The first-order chi connectivity index (χ1) is 10.1. The van der Waals surface area contributed by atoms with Crippen LogP contribution in [0.1, 0.15) is 16.7 Å². The van der Waals surface area contributed by atoms with Crippen LogP contribution >= 0.6 is 0 Å². The first-order valence-electron chi connectivity index (χ1n) is 7.39. The van der Waals surface area contributed by atoms with Gasteiger partial charge in [0, 0.05) is 19.1 Å². The van der Waals surface area contributed by atoms with E-state index in [0.29, 0.717) is 13.0 Å². The highest BCUT2D eigenvalue weighted by Gasteiger charge is 2.14. The average Bonchev–Trinajstić information content (AvgIpc) is 2.50. The fraction of sp³-hybridized carbons (Fsp3) is 0.333. The Bertz CT molecular complexity index is 525. The molecular formula is C18H24N2O. The van der Waals surface area contributed by atoms with Gasteiger partial charge in [0.05, 0.1) is 6.10 Å². The third-order valence-electron chi connectivity index (χ3n) is 3.61. The Hall–Kier alpha value is -1.68. The molecule has 3 nitrogen and oxygen atoms in total. The second-order valence-corrected chi connectivity index (χ2v) is 5.54. The maximum absolute atomic E-state index is 10.1. The Morgan fingerprint density at radius 3 is 2.33 bits per heavy atom. The number of aryl methyl sites for hydroxylation is 1. The lowest BCUT2D eigenvalue weighted by molar-refractivity contribution is 0.141. The lowest BCUT2D eigenvalue weighted by atomic mass is 10.0. The predicted octanol–water partition coefficient (Wildman–Crippen LogP) is 2.02. The van der Waals surface area contributed by atoms with Crippen molar-refractivity contribution in [2.24, 2.45) is 5.73 Å². The van der Waals surface area contributed by atoms with Crippen LogP contribution in [0.5, 0.6) is 0 Å². The van der Waals surface area contributed by atoms with Crippen molar-refractivity contribution in [3.05, 3.63) is 71.3 Å². The molecule has 4 N–H and O–H groups in total. The molecular weight excluding hydrogens is 260 g/mol. The lowest BCUT2D eigenvalue weighted by Crippen LogP contribution is -2.42. The summed E-state index contributed by atoms with van der Waals surface area (Å²) in [5, 5.41) is 13.4. The minimum Gasteiger partial charge on any atom is -0.390 e. The van der Waals surface area contributed by atoms with E-state index in [1.165, 1.54) is 11.1 Å². The zero-order valence-corrected chi connectivity index (χ0v) is 12.5. The van der Waals surface area contributed by atoms with Crippen LogP contribution in [0, 0.1) is 6.92 Å². The largest absolute Gasteiger partial charge is 0.390 e. The molecule has 2 atom stereocenters. The number of benzene rings is 2. The predicted molar refractivity (Wildman–Crippen MR) is 87.0 cm³/mol. The minimum atomic E-state index is -0.546. The van der Waals surface area contributed by atoms with Crippen LogP contribution in [0.4, 0.5) is 0 Å². The normalized spacial score (nSPS) is 13.9. The second-order valence-electron chi connectivity index (χ2n) is 5.54. The third kappa shape index (κ3) is 5.31. The molecule has 1 unspecified atom stereocenters. The molecule has 0 amide bonds. The standard InChI is InChI=1S/C18H24N2O/c1-14-7-9-16(10-8-14)12-20-13-18(21)17(19)11-15-5-3-2-4-6-15/h2-10,17-18,20-21H,11-13,19H2,1H3/t17?,18-/m0/s1.